The molecule has 0 rings (SSSR count). The highest BCUT2D eigenvalue weighted by Crippen LogP contribution is 1.76. The fourth-order valence-electron chi connectivity index (χ4n) is 0.660. The van der Waals surface area contributed by atoms with Crippen LogP contribution in [0.2, 0.25) is 0 Å². The van der Waals surface area contributed by atoms with Crippen LogP contribution in [0.3, 0.4) is 0 Å². The Morgan fingerprint density at radius 3 is 1.43 bits per heavy atom. The smallest absolute Gasteiger partial charge is 0.302 e. The van der Waals surface area contributed by atoms with Crippen LogP contribution in [-0.2, 0) is 23.7 Å². The molecule has 0 spiro atoms. The molecule has 130 valence electrons. The third kappa shape index (κ3) is 45.3. The van der Waals surface area contributed by atoms with Crippen LogP contribution in [0.15, 0.2) is 0 Å². The number of hydrogen-bond donors (Lipinski definition) is 3. The van der Waals surface area contributed by atoms with Crippen LogP contribution < -0.4 is 0 Å². The number of carbonyl (C=O) groups is 1. The summed E-state index contributed by atoms with van der Waals surface area (Å²) in [6, 6.07) is 0. The zero-order valence-corrected chi connectivity index (χ0v) is 13.2. The van der Waals surface area contributed by atoms with Crippen molar-refractivity contribution in [2.75, 3.05) is 66.6 Å². The van der Waals surface area contributed by atoms with E-state index in [4.69, 9.17) is 24.8 Å². The predicted octanol–water partition coefficient (Wildman–Crippen LogP) is -0.801. The summed E-state index contributed by atoms with van der Waals surface area (Å²) >= 11 is 0. The van der Waals surface area contributed by atoms with E-state index in [9.17, 15) is 4.79 Å². The molecule has 0 fully saturated rings. The molecule has 0 aromatic heterocycles. The van der Waals surface area contributed by atoms with E-state index >= 15 is 0 Å². The molecule has 21 heavy (non-hydrogen) atoms. The van der Waals surface area contributed by atoms with Gasteiger partial charge in [0.2, 0.25) is 0 Å². The first-order chi connectivity index (χ1) is 10.1. The molecule has 0 bridgehead atoms. The van der Waals surface area contributed by atoms with Gasteiger partial charge in [-0.3, -0.25) is 4.79 Å². The second kappa shape index (κ2) is 27.6. The van der Waals surface area contributed by atoms with E-state index < -0.39 is 0 Å². The molecule has 0 aliphatic rings. The lowest BCUT2D eigenvalue weighted by Crippen LogP contribution is -2.06. The Balaban J connectivity index is -0.000000242. The summed E-state index contributed by atoms with van der Waals surface area (Å²) in [5.41, 5.74) is 0. The Kier molecular flexibility index (Phi) is 33.1. The minimum atomic E-state index is -0.245. The fraction of sp³-hybridized carbons (Fsp3) is 0.923. The van der Waals surface area contributed by atoms with Crippen molar-refractivity contribution in [3.8, 4) is 0 Å². The van der Waals surface area contributed by atoms with Crippen LogP contribution >= 0.6 is 0 Å². The van der Waals surface area contributed by atoms with Crippen molar-refractivity contribution in [2.24, 2.45) is 0 Å². The van der Waals surface area contributed by atoms with Crippen molar-refractivity contribution in [1.29, 1.82) is 0 Å². The van der Waals surface area contributed by atoms with Gasteiger partial charge >= 0.3 is 5.97 Å². The summed E-state index contributed by atoms with van der Waals surface area (Å²) in [4.78, 5) is 9.59. The van der Waals surface area contributed by atoms with Gasteiger partial charge in [-0.15, -0.1) is 0 Å². The molecule has 8 heteroatoms. The molecule has 0 saturated heterocycles. The standard InChI is InChI=1S/C6H14O3.C4H10O3.C3H6O2/c1-2-8-5-6-9-4-3-7;5-1-3-7-4-2-6;1-3(4)5-2/h7H,2-6H2,1H3;5-6H,1-4H2;1-2H3. The van der Waals surface area contributed by atoms with Crippen LogP contribution in [0, 0.1) is 0 Å². The predicted molar refractivity (Wildman–Crippen MR) is 77.1 cm³/mol. The number of ether oxygens (including phenoxy) is 4. The average molecular weight is 314 g/mol. The highest BCUT2D eigenvalue weighted by molar-refractivity contribution is 5.65. The molecule has 0 aliphatic carbocycles. The van der Waals surface area contributed by atoms with Gasteiger partial charge in [0, 0.05) is 13.5 Å². The van der Waals surface area contributed by atoms with Crippen LogP contribution in [-0.4, -0.2) is 87.9 Å². The van der Waals surface area contributed by atoms with Gasteiger partial charge in [-0.1, -0.05) is 0 Å². The Morgan fingerprint density at radius 2 is 1.14 bits per heavy atom. The second-order valence-electron chi connectivity index (χ2n) is 3.29. The maximum Gasteiger partial charge on any atom is 0.302 e. The minimum Gasteiger partial charge on any atom is -0.469 e. The number of esters is 1. The number of methoxy groups -OCH3 is 1. The van der Waals surface area contributed by atoms with E-state index in [0.29, 0.717) is 33.0 Å². The van der Waals surface area contributed by atoms with Gasteiger partial charge in [-0.2, -0.15) is 0 Å². The molecular weight excluding hydrogens is 284 g/mol. The van der Waals surface area contributed by atoms with Crippen LogP contribution in [0.5, 0.6) is 0 Å². The van der Waals surface area contributed by atoms with Crippen molar-refractivity contribution in [3.63, 3.8) is 0 Å². The monoisotopic (exact) mass is 314 g/mol. The molecule has 0 unspecified atom stereocenters. The summed E-state index contributed by atoms with van der Waals surface area (Å²) in [6.07, 6.45) is 0. The Hall–Kier alpha value is -0.770. The van der Waals surface area contributed by atoms with Crippen molar-refractivity contribution < 1.29 is 39.1 Å². The van der Waals surface area contributed by atoms with E-state index in [1.54, 1.807) is 0 Å². The quantitative estimate of drug-likeness (QED) is 0.355. The zero-order valence-electron chi connectivity index (χ0n) is 13.2. The third-order valence-electron chi connectivity index (χ3n) is 1.57. The number of hydrogen-bond acceptors (Lipinski definition) is 8. The third-order valence-corrected chi connectivity index (χ3v) is 1.57. The molecule has 0 aromatic rings. The molecule has 0 aromatic carbocycles. The van der Waals surface area contributed by atoms with E-state index in [2.05, 4.69) is 9.47 Å². The molecule has 0 amide bonds. The lowest BCUT2D eigenvalue weighted by molar-refractivity contribution is -0.137. The molecule has 0 aliphatic heterocycles. The van der Waals surface area contributed by atoms with Gasteiger partial charge < -0.3 is 34.3 Å². The Morgan fingerprint density at radius 1 is 0.810 bits per heavy atom. The normalized spacial score (nSPS) is 9.05. The minimum absolute atomic E-state index is 0.0278. The van der Waals surface area contributed by atoms with E-state index in [1.807, 2.05) is 6.92 Å². The van der Waals surface area contributed by atoms with Gasteiger partial charge in [-0.25, -0.2) is 0 Å². The zero-order chi connectivity index (χ0) is 16.8. The van der Waals surface area contributed by atoms with Gasteiger partial charge in [0.15, 0.2) is 0 Å². The number of carbonyl (C=O) groups excluding carboxylic acids is 1. The number of aliphatic hydroxyl groups excluding tert-OH is 3. The first-order valence-electron chi connectivity index (χ1n) is 6.70. The summed E-state index contributed by atoms with van der Waals surface area (Å²) in [5.74, 6) is -0.245. The molecule has 8 nitrogen and oxygen atoms in total. The number of aliphatic hydroxyl groups is 3. The van der Waals surface area contributed by atoms with Crippen molar-refractivity contribution in [2.45, 2.75) is 13.8 Å². The molecular formula is C13H30O8. The van der Waals surface area contributed by atoms with Gasteiger partial charge in [-0.05, 0) is 6.92 Å². The molecule has 3 N–H and O–H groups in total. The van der Waals surface area contributed by atoms with Crippen molar-refractivity contribution in [1.82, 2.24) is 0 Å². The molecule has 0 saturated carbocycles. The first-order valence-corrected chi connectivity index (χ1v) is 6.70. The Labute approximate surface area is 126 Å². The lowest BCUT2D eigenvalue weighted by atomic mass is 10.7. The first kappa shape index (κ1) is 25.2. The van der Waals surface area contributed by atoms with Gasteiger partial charge in [0.05, 0.1) is 60.0 Å². The van der Waals surface area contributed by atoms with Gasteiger partial charge in [0.25, 0.3) is 0 Å². The Bertz CT molecular complexity index is 168. The van der Waals surface area contributed by atoms with Crippen molar-refractivity contribution in [3.05, 3.63) is 0 Å². The lowest BCUT2D eigenvalue weighted by Gasteiger charge is -2.00. The SMILES string of the molecule is CCOCCOCCO.COC(C)=O.OCCOCCO. The van der Waals surface area contributed by atoms with Crippen molar-refractivity contribution >= 4 is 5.97 Å². The number of rotatable bonds is 10. The fourth-order valence-corrected chi connectivity index (χ4v) is 0.660. The summed E-state index contributed by atoms with van der Waals surface area (Å²) in [6.45, 7) is 6.42. The molecule has 0 radical (unpaired) electrons. The molecule has 0 atom stereocenters. The maximum atomic E-state index is 9.59. The van der Waals surface area contributed by atoms with Crippen LogP contribution in [0.4, 0.5) is 0 Å². The maximum absolute atomic E-state index is 9.59. The van der Waals surface area contributed by atoms with E-state index in [0.717, 1.165) is 6.61 Å². The van der Waals surface area contributed by atoms with E-state index in [-0.39, 0.29) is 25.8 Å². The highest BCUT2D eigenvalue weighted by atomic mass is 16.5. The summed E-state index contributed by atoms with van der Waals surface area (Å²) in [7, 11) is 1.35. The van der Waals surface area contributed by atoms with Gasteiger partial charge in [0.1, 0.15) is 0 Å². The summed E-state index contributed by atoms with van der Waals surface area (Å²) < 4.78 is 18.6. The van der Waals surface area contributed by atoms with Crippen LogP contribution in [0.25, 0.3) is 0 Å². The largest absolute Gasteiger partial charge is 0.469 e. The van der Waals surface area contributed by atoms with E-state index in [1.165, 1.54) is 14.0 Å². The highest BCUT2D eigenvalue weighted by Gasteiger charge is 1.84. The molecule has 0 heterocycles. The topological polar surface area (TPSA) is 115 Å². The second-order valence-corrected chi connectivity index (χ2v) is 3.29. The van der Waals surface area contributed by atoms with Crippen LogP contribution in [0.1, 0.15) is 13.8 Å². The average Bonchev–Trinajstić information content (AvgIpc) is 2.49. The summed E-state index contributed by atoms with van der Waals surface area (Å²) in [5, 5.41) is 24.4.